The van der Waals surface area contributed by atoms with Crippen LogP contribution in [0.5, 0.6) is 5.75 Å². The summed E-state index contributed by atoms with van der Waals surface area (Å²) in [5.41, 5.74) is 1.21. The molecule has 234 valence electrons. The van der Waals surface area contributed by atoms with Crippen molar-refractivity contribution in [3.8, 4) is 5.75 Å². The van der Waals surface area contributed by atoms with E-state index in [4.69, 9.17) is 5.73 Å². The van der Waals surface area contributed by atoms with Crippen molar-refractivity contribution < 1.29 is 44.8 Å². The molecule has 3 aliphatic carbocycles. The van der Waals surface area contributed by atoms with Crippen LogP contribution in [0.15, 0.2) is 28.7 Å². The highest BCUT2D eigenvalue weighted by Crippen LogP contribution is 2.53. The number of ketones is 2. The van der Waals surface area contributed by atoms with Crippen molar-refractivity contribution in [3.05, 3.63) is 39.9 Å². The zero-order valence-corrected chi connectivity index (χ0v) is 25.2. The number of hydrogen-bond donors (Lipinski definition) is 7. The van der Waals surface area contributed by atoms with Crippen LogP contribution in [0.1, 0.15) is 43.1 Å². The molecule has 1 aromatic rings. The lowest BCUT2D eigenvalue weighted by molar-refractivity contribution is -0.163. The van der Waals surface area contributed by atoms with Gasteiger partial charge >= 0.3 is 0 Å². The van der Waals surface area contributed by atoms with Crippen LogP contribution in [0.4, 0.5) is 11.4 Å². The van der Waals surface area contributed by atoms with Crippen molar-refractivity contribution >= 4 is 34.8 Å². The van der Waals surface area contributed by atoms with Crippen molar-refractivity contribution in [1.82, 2.24) is 9.96 Å². The number of phenols is 1. The zero-order valence-electron chi connectivity index (χ0n) is 25.2. The number of aliphatic hydroxyl groups excluding tert-OH is 2. The number of likely N-dealkylation sites (N-methyl/N-ethyl adjacent to an activating group) is 1. The number of fused-ring (bicyclic) bond motifs is 3. The van der Waals surface area contributed by atoms with Crippen molar-refractivity contribution in [1.29, 1.82) is 0 Å². The summed E-state index contributed by atoms with van der Waals surface area (Å²) in [6.07, 6.45) is 0.0509. The molecule has 0 spiro atoms. The van der Waals surface area contributed by atoms with Gasteiger partial charge in [0.05, 0.1) is 17.3 Å². The summed E-state index contributed by atoms with van der Waals surface area (Å²) in [5, 5.41) is 59.0. The van der Waals surface area contributed by atoms with Crippen LogP contribution in [-0.2, 0) is 20.8 Å². The summed E-state index contributed by atoms with van der Waals surface area (Å²) in [7, 11) is 6.53. The third-order valence-electron chi connectivity index (χ3n) is 8.52. The summed E-state index contributed by atoms with van der Waals surface area (Å²) in [5.74, 6) is -8.27. The number of nitrogens with two attached hydrogens (primary N) is 1. The van der Waals surface area contributed by atoms with Crippen LogP contribution in [0.3, 0.4) is 0 Å². The van der Waals surface area contributed by atoms with Crippen LogP contribution in [0.2, 0.25) is 0 Å². The molecule has 8 N–H and O–H groups in total. The summed E-state index contributed by atoms with van der Waals surface area (Å²) in [4.78, 5) is 55.6. The third kappa shape index (κ3) is 4.93. The quantitative estimate of drug-likeness (QED) is 0.136. The Labute approximate surface area is 248 Å². The summed E-state index contributed by atoms with van der Waals surface area (Å²) in [6.45, 7) is 4.64. The van der Waals surface area contributed by atoms with Crippen molar-refractivity contribution in [2.24, 2.45) is 17.6 Å². The Hall–Kier alpha value is -3.98. The Balaban J connectivity index is 1.87. The standard InChI is InChI=1S/C29H39N5O9/c1-28(2,3)34(43)11-17(35)31-15-10-16(32(4)5)13-8-12-9-14-21(33(6)7)24(38)20(27(30)41)26(40)29(14,42)25(39)18(12)23(37)19(13)22(15)36/h10,12,14,21,36,38-39,42-43H,8-9,11H2,1-7H3,(H2,30,41)(H,31,35)/t12-,14-,21-,29-/m0/s1. The number of nitrogens with zero attached hydrogens (tertiary/aromatic N) is 3. The van der Waals surface area contributed by atoms with Crippen LogP contribution in [0.25, 0.3) is 0 Å². The first-order valence-electron chi connectivity index (χ1n) is 13.7. The monoisotopic (exact) mass is 601 g/mol. The molecule has 3 aliphatic rings. The molecule has 1 aromatic carbocycles. The number of primary amides is 1. The highest BCUT2D eigenvalue weighted by atomic mass is 16.5. The third-order valence-corrected chi connectivity index (χ3v) is 8.52. The van der Waals surface area contributed by atoms with E-state index in [0.29, 0.717) is 11.3 Å². The number of aliphatic hydroxyl groups is 3. The molecule has 2 amide bonds. The van der Waals surface area contributed by atoms with E-state index in [-0.39, 0.29) is 29.7 Å². The van der Waals surface area contributed by atoms with E-state index in [2.05, 4.69) is 5.32 Å². The van der Waals surface area contributed by atoms with Gasteiger partial charge in [-0.15, -0.1) is 0 Å². The SMILES string of the molecule is CN(C)c1cc(NC(=O)CN(O)C(C)(C)C)c(O)c2c1C[C@H]1C[C@H]3[C@H](N(C)C)C(O)=C(C(N)=O)C(=O)[C@@]3(O)C(O)=C1C2=O. The van der Waals surface area contributed by atoms with Crippen molar-refractivity contribution in [2.75, 3.05) is 45.0 Å². The Morgan fingerprint density at radius 1 is 1.12 bits per heavy atom. The molecule has 0 aromatic heterocycles. The van der Waals surface area contributed by atoms with Crippen LogP contribution in [0, 0.1) is 11.8 Å². The molecule has 0 heterocycles. The average molecular weight is 602 g/mol. The maximum absolute atomic E-state index is 14.1. The van der Waals surface area contributed by atoms with Crippen molar-refractivity contribution in [3.63, 3.8) is 0 Å². The molecule has 0 fully saturated rings. The Morgan fingerprint density at radius 2 is 1.72 bits per heavy atom. The number of carbonyl (C=O) groups excluding carboxylic acids is 4. The lowest BCUT2D eigenvalue weighted by Crippen LogP contribution is -2.63. The Morgan fingerprint density at radius 3 is 2.23 bits per heavy atom. The second kappa shape index (κ2) is 10.6. The minimum Gasteiger partial charge on any atom is -0.510 e. The van der Waals surface area contributed by atoms with E-state index in [9.17, 15) is 44.8 Å². The molecule has 0 radical (unpaired) electrons. The van der Waals surface area contributed by atoms with Gasteiger partial charge in [0.15, 0.2) is 17.1 Å². The summed E-state index contributed by atoms with van der Waals surface area (Å²) >= 11 is 0. The van der Waals surface area contributed by atoms with E-state index >= 15 is 0 Å². The molecule has 0 unspecified atom stereocenters. The fraction of sp³-hybridized carbons (Fsp3) is 0.517. The molecule has 14 heteroatoms. The topological polar surface area (TPSA) is 217 Å². The van der Waals surface area contributed by atoms with Crippen LogP contribution < -0.4 is 16.0 Å². The number of allylic oxidation sites excluding steroid dienone is 1. The number of aromatic hydroxyl groups is 1. The molecule has 14 nitrogen and oxygen atoms in total. The number of anilines is 2. The number of phenolic OH excluding ortho intramolecular Hbond substituents is 1. The number of Topliss-reactive ketones (excluding diaryl/α,β-unsaturated/α-hetero) is 2. The smallest absolute Gasteiger partial charge is 0.255 e. The predicted octanol–water partition coefficient (Wildman–Crippen LogP) is 0.615. The summed E-state index contributed by atoms with van der Waals surface area (Å²) in [6, 6.07) is 0.399. The van der Waals surface area contributed by atoms with Gasteiger partial charge in [-0.05, 0) is 65.3 Å². The van der Waals surface area contributed by atoms with Gasteiger partial charge in [-0.2, -0.15) is 5.06 Å². The first-order valence-corrected chi connectivity index (χ1v) is 13.7. The van der Waals surface area contributed by atoms with Gasteiger partial charge in [0.1, 0.15) is 23.6 Å². The minimum atomic E-state index is -2.76. The number of hydroxylamine groups is 2. The van der Waals surface area contributed by atoms with Crippen LogP contribution in [-0.4, -0.2) is 111 Å². The molecule has 4 rings (SSSR count). The number of carbonyl (C=O) groups is 4. The van der Waals surface area contributed by atoms with Crippen LogP contribution >= 0.6 is 0 Å². The molecule has 0 saturated heterocycles. The maximum atomic E-state index is 14.1. The van der Waals surface area contributed by atoms with Gasteiger partial charge in [0, 0.05) is 36.8 Å². The van der Waals surface area contributed by atoms with Gasteiger partial charge in [0.25, 0.3) is 5.91 Å². The minimum absolute atomic E-state index is 0.0446. The maximum Gasteiger partial charge on any atom is 0.255 e. The first kappa shape index (κ1) is 31.9. The largest absolute Gasteiger partial charge is 0.510 e. The van der Waals surface area contributed by atoms with Gasteiger partial charge in [-0.1, -0.05) is 0 Å². The highest BCUT2D eigenvalue weighted by Gasteiger charge is 2.63. The second-order valence-electron chi connectivity index (χ2n) is 12.8. The van der Waals surface area contributed by atoms with E-state index in [1.165, 1.54) is 11.0 Å². The summed E-state index contributed by atoms with van der Waals surface area (Å²) < 4.78 is 0. The molecular weight excluding hydrogens is 562 g/mol. The second-order valence-corrected chi connectivity index (χ2v) is 12.8. The zero-order chi connectivity index (χ0) is 32.5. The molecule has 4 atom stereocenters. The number of benzene rings is 1. The lowest BCUT2D eigenvalue weighted by atomic mass is 9.58. The molecule has 0 aliphatic heterocycles. The van der Waals surface area contributed by atoms with E-state index < -0.39 is 81.8 Å². The normalized spacial score (nSPS) is 25.5. The van der Waals surface area contributed by atoms with E-state index in [1.807, 2.05) is 0 Å². The molecule has 43 heavy (non-hydrogen) atoms. The number of amides is 2. The lowest BCUT2D eigenvalue weighted by Gasteiger charge is -2.50. The molecule has 0 bridgehead atoms. The van der Waals surface area contributed by atoms with Gasteiger partial charge in [-0.25, -0.2) is 0 Å². The van der Waals surface area contributed by atoms with E-state index in [1.54, 1.807) is 53.9 Å². The fourth-order valence-corrected chi connectivity index (χ4v) is 6.36. The van der Waals surface area contributed by atoms with Gasteiger partial charge < -0.3 is 41.6 Å². The predicted molar refractivity (Wildman–Crippen MR) is 155 cm³/mol. The van der Waals surface area contributed by atoms with Gasteiger partial charge in [0.2, 0.25) is 11.7 Å². The Bertz CT molecular complexity index is 1490. The Kier molecular flexibility index (Phi) is 7.90. The van der Waals surface area contributed by atoms with E-state index in [0.717, 1.165) is 5.06 Å². The van der Waals surface area contributed by atoms with Gasteiger partial charge in [-0.3, -0.25) is 24.1 Å². The average Bonchev–Trinajstić information content (AvgIpc) is 2.86. The molecule has 0 saturated carbocycles. The fourth-order valence-electron chi connectivity index (χ4n) is 6.36. The highest BCUT2D eigenvalue weighted by molar-refractivity contribution is 6.25. The number of hydrogen-bond acceptors (Lipinski definition) is 12. The molecular formula is C29H39N5O9. The first-order chi connectivity index (χ1) is 19.7. The number of nitrogens with one attached hydrogen (secondary N) is 1. The van der Waals surface area contributed by atoms with Crippen molar-refractivity contribution in [2.45, 2.75) is 50.8 Å². The number of rotatable bonds is 6.